The summed E-state index contributed by atoms with van der Waals surface area (Å²) in [4.78, 5) is 23.9. The lowest BCUT2D eigenvalue weighted by atomic mass is 10.1. The summed E-state index contributed by atoms with van der Waals surface area (Å²) in [7, 11) is 0. The standard InChI is InChI=1S/C14H13N3O2/c18-14(19)11-8-16-12(17-13(11)9-4-5-9)7-10-3-1-2-6-15-10/h1-3,6,8-9H,4-5,7H2,(H,18,19). The first kappa shape index (κ1) is 11.8. The highest BCUT2D eigenvalue weighted by Crippen LogP contribution is 2.40. The fraction of sp³-hybridized carbons (Fsp3) is 0.286. The minimum Gasteiger partial charge on any atom is -0.478 e. The maximum absolute atomic E-state index is 11.1. The topological polar surface area (TPSA) is 76.0 Å². The smallest absolute Gasteiger partial charge is 0.339 e. The molecule has 2 aromatic rings. The number of carboxylic acid groups (broad SMARTS) is 1. The normalized spacial score (nSPS) is 14.3. The van der Waals surface area contributed by atoms with Gasteiger partial charge < -0.3 is 5.11 Å². The summed E-state index contributed by atoms with van der Waals surface area (Å²) in [6.07, 6.45) is 5.70. The van der Waals surface area contributed by atoms with E-state index in [1.54, 1.807) is 6.20 Å². The Morgan fingerprint density at radius 3 is 2.79 bits per heavy atom. The van der Waals surface area contributed by atoms with E-state index in [1.807, 2.05) is 18.2 Å². The molecule has 0 spiro atoms. The van der Waals surface area contributed by atoms with Gasteiger partial charge in [-0.25, -0.2) is 14.8 Å². The number of carboxylic acids is 1. The van der Waals surface area contributed by atoms with Crippen molar-refractivity contribution >= 4 is 5.97 Å². The molecule has 1 fully saturated rings. The highest BCUT2D eigenvalue weighted by Gasteiger charge is 2.30. The van der Waals surface area contributed by atoms with E-state index >= 15 is 0 Å². The van der Waals surface area contributed by atoms with Crippen molar-refractivity contribution in [3.8, 4) is 0 Å². The summed E-state index contributed by atoms with van der Waals surface area (Å²) >= 11 is 0. The molecule has 0 amide bonds. The zero-order chi connectivity index (χ0) is 13.2. The van der Waals surface area contributed by atoms with Crippen molar-refractivity contribution in [2.45, 2.75) is 25.2 Å². The predicted molar refractivity (Wildman–Crippen MR) is 68.0 cm³/mol. The van der Waals surface area contributed by atoms with Gasteiger partial charge in [-0.2, -0.15) is 0 Å². The molecule has 2 heterocycles. The van der Waals surface area contributed by atoms with Gasteiger partial charge in [0, 0.05) is 24.0 Å². The summed E-state index contributed by atoms with van der Waals surface area (Å²) in [5.74, 6) is -0.0338. The summed E-state index contributed by atoms with van der Waals surface area (Å²) in [6, 6.07) is 5.68. The van der Waals surface area contributed by atoms with Gasteiger partial charge in [0.25, 0.3) is 0 Å². The Hall–Kier alpha value is -2.30. The maximum atomic E-state index is 11.1. The van der Waals surface area contributed by atoms with E-state index in [0.717, 1.165) is 18.5 Å². The van der Waals surface area contributed by atoms with Crippen molar-refractivity contribution < 1.29 is 9.90 Å². The number of nitrogens with zero attached hydrogens (tertiary/aromatic N) is 3. The van der Waals surface area contributed by atoms with Crippen LogP contribution >= 0.6 is 0 Å². The number of carbonyl (C=O) groups is 1. The van der Waals surface area contributed by atoms with Gasteiger partial charge in [0.05, 0.1) is 17.7 Å². The highest BCUT2D eigenvalue weighted by molar-refractivity contribution is 5.88. The highest BCUT2D eigenvalue weighted by atomic mass is 16.4. The van der Waals surface area contributed by atoms with E-state index in [4.69, 9.17) is 5.11 Å². The molecule has 5 nitrogen and oxygen atoms in total. The Balaban J connectivity index is 1.91. The molecule has 0 atom stereocenters. The molecule has 5 heteroatoms. The number of hydrogen-bond donors (Lipinski definition) is 1. The quantitative estimate of drug-likeness (QED) is 0.904. The Morgan fingerprint density at radius 1 is 1.32 bits per heavy atom. The molecule has 0 radical (unpaired) electrons. The molecule has 0 bridgehead atoms. The monoisotopic (exact) mass is 255 g/mol. The van der Waals surface area contributed by atoms with Crippen molar-refractivity contribution in [3.63, 3.8) is 0 Å². The van der Waals surface area contributed by atoms with E-state index < -0.39 is 5.97 Å². The van der Waals surface area contributed by atoms with Gasteiger partial charge in [0.1, 0.15) is 5.82 Å². The SMILES string of the molecule is O=C(O)c1cnc(Cc2ccccn2)nc1C1CC1. The van der Waals surface area contributed by atoms with Crippen molar-refractivity contribution in [2.75, 3.05) is 0 Å². The Kier molecular flexibility index (Phi) is 2.95. The van der Waals surface area contributed by atoms with Crippen LogP contribution in [0.3, 0.4) is 0 Å². The Labute approximate surface area is 110 Å². The fourth-order valence-electron chi connectivity index (χ4n) is 2.02. The van der Waals surface area contributed by atoms with Gasteiger partial charge in [0.2, 0.25) is 0 Å². The maximum Gasteiger partial charge on any atom is 0.339 e. The Bertz CT molecular complexity index is 609. The van der Waals surface area contributed by atoms with Gasteiger partial charge in [-0.15, -0.1) is 0 Å². The van der Waals surface area contributed by atoms with E-state index in [1.165, 1.54) is 6.20 Å². The molecule has 1 N–H and O–H groups in total. The zero-order valence-corrected chi connectivity index (χ0v) is 10.3. The molecule has 1 saturated carbocycles. The van der Waals surface area contributed by atoms with Crippen LogP contribution in [0.5, 0.6) is 0 Å². The van der Waals surface area contributed by atoms with Crippen LogP contribution in [0.2, 0.25) is 0 Å². The largest absolute Gasteiger partial charge is 0.478 e. The molecule has 0 saturated heterocycles. The summed E-state index contributed by atoms with van der Waals surface area (Å²) in [6.45, 7) is 0. The van der Waals surface area contributed by atoms with E-state index in [-0.39, 0.29) is 11.5 Å². The molecule has 96 valence electrons. The van der Waals surface area contributed by atoms with Gasteiger partial charge in [-0.3, -0.25) is 4.98 Å². The molecule has 0 aromatic carbocycles. The van der Waals surface area contributed by atoms with Gasteiger partial charge in [-0.05, 0) is 25.0 Å². The van der Waals surface area contributed by atoms with Crippen LogP contribution in [0.15, 0.2) is 30.6 Å². The van der Waals surface area contributed by atoms with Gasteiger partial charge in [-0.1, -0.05) is 6.07 Å². The molecular weight excluding hydrogens is 242 g/mol. The van der Waals surface area contributed by atoms with E-state index in [9.17, 15) is 4.79 Å². The van der Waals surface area contributed by atoms with Crippen LogP contribution in [0, 0.1) is 0 Å². The van der Waals surface area contributed by atoms with Crippen LogP contribution in [-0.2, 0) is 6.42 Å². The second-order valence-electron chi connectivity index (χ2n) is 4.66. The van der Waals surface area contributed by atoms with Crippen molar-refractivity contribution in [3.05, 3.63) is 53.4 Å². The summed E-state index contributed by atoms with van der Waals surface area (Å²) in [5, 5.41) is 9.13. The number of aromatic nitrogens is 3. The average Bonchev–Trinajstić information content (AvgIpc) is 3.24. The first-order chi connectivity index (χ1) is 9.24. The van der Waals surface area contributed by atoms with Crippen LogP contribution < -0.4 is 0 Å². The van der Waals surface area contributed by atoms with Gasteiger partial charge >= 0.3 is 5.97 Å². The van der Waals surface area contributed by atoms with Crippen molar-refractivity contribution in [1.82, 2.24) is 15.0 Å². The third-order valence-corrected chi connectivity index (χ3v) is 3.13. The van der Waals surface area contributed by atoms with Crippen molar-refractivity contribution in [2.24, 2.45) is 0 Å². The predicted octanol–water partition coefficient (Wildman–Crippen LogP) is 2.04. The molecule has 3 rings (SSSR count). The lowest BCUT2D eigenvalue weighted by molar-refractivity contribution is 0.0694. The molecular formula is C14H13N3O2. The lowest BCUT2D eigenvalue weighted by Gasteiger charge is -2.06. The molecule has 1 aliphatic carbocycles. The number of hydrogen-bond acceptors (Lipinski definition) is 4. The molecule has 1 aliphatic rings. The fourth-order valence-corrected chi connectivity index (χ4v) is 2.02. The summed E-state index contributed by atoms with van der Waals surface area (Å²) < 4.78 is 0. The Morgan fingerprint density at radius 2 is 2.16 bits per heavy atom. The minimum atomic E-state index is -0.953. The third-order valence-electron chi connectivity index (χ3n) is 3.13. The second kappa shape index (κ2) is 4.76. The molecule has 0 aliphatic heterocycles. The molecule has 0 unspecified atom stereocenters. The van der Waals surface area contributed by atoms with Gasteiger partial charge in [0.15, 0.2) is 0 Å². The number of pyridine rings is 1. The number of aromatic carboxylic acids is 1. The first-order valence-corrected chi connectivity index (χ1v) is 6.23. The van der Waals surface area contributed by atoms with Crippen LogP contribution in [0.4, 0.5) is 0 Å². The second-order valence-corrected chi connectivity index (χ2v) is 4.66. The molecule has 2 aromatic heterocycles. The first-order valence-electron chi connectivity index (χ1n) is 6.23. The van der Waals surface area contributed by atoms with Crippen LogP contribution in [0.1, 0.15) is 46.3 Å². The number of rotatable bonds is 4. The average molecular weight is 255 g/mol. The third kappa shape index (κ3) is 2.59. The minimum absolute atomic E-state index is 0.229. The summed E-state index contributed by atoms with van der Waals surface area (Å²) in [5.41, 5.74) is 1.79. The zero-order valence-electron chi connectivity index (χ0n) is 10.3. The van der Waals surface area contributed by atoms with E-state index in [2.05, 4.69) is 15.0 Å². The lowest BCUT2D eigenvalue weighted by Crippen LogP contribution is -2.09. The molecule has 19 heavy (non-hydrogen) atoms. The van der Waals surface area contributed by atoms with Crippen molar-refractivity contribution in [1.29, 1.82) is 0 Å². The van der Waals surface area contributed by atoms with Crippen LogP contribution in [-0.4, -0.2) is 26.0 Å². The van der Waals surface area contributed by atoms with Crippen LogP contribution in [0.25, 0.3) is 0 Å². The van der Waals surface area contributed by atoms with E-state index in [0.29, 0.717) is 17.9 Å².